The molecule has 0 saturated heterocycles. The predicted molar refractivity (Wildman–Crippen MR) is 159 cm³/mol. The molecule has 0 bridgehead atoms. The van der Waals surface area contributed by atoms with Gasteiger partial charge in [0.2, 0.25) is 5.66 Å². The number of nitrogens with one attached hydrogen (secondary N) is 3. The summed E-state index contributed by atoms with van der Waals surface area (Å²) in [5, 5.41) is 32.1. The van der Waals surface area contributed by atoms with Crippen LogP contribution in [0.1, 0.15) is 46.9 Å². The van der Waals surface area contributed by atoms with Crippen molar-refractivity contribution in [1.29, 1.82) is 5.41 Å². The highest BCUT2D eigenvalue weighted by Gasteiger charge is 2.49. The summed E-state index contributed by atoms with van der Waals surface area (Å²) < 4.78 is 12.2. The fraction of sp³-hybridized carbons (Fsp3) is 0.300. The van der Waals surface area contributed by atoms with Crippen LogP contribution >= 0.6 is 0 Å². The lowest BCUT2D eigenvalue weighted by molar-refractivity contribution is 0.0692. The number of benzene rings is 3. The molecule has 4 rings (SSSR count). The van der Waals surface area contributed by atoms with Gasteiger partial charge in [0.05, 0.1) is 12.2 Å². The Labute approximate surface area is 244 Å². The van der Waals surface area contributed by atoms with Crippen molar-refractivity contribution in [3.63, 3.8) is 0 Å². The Balaban J connectivity index is 1.89. The van der Waals surface area contributed by atoms with Gasteiger partial charge < -0.3 is 35.8 Å². The molecule has 42 heavy (non-hydrogen) atoms. The highest BCUT2D eigenvalue weighted by atomic mass is 16.5. The maximum Gasteiger partial charge on any atom is 0.361 e. The molecule has 12 heteroatoms. The van der Waals surface area contributed by atoms with E-state index >= 15 is 0 Å². The van der Waals surface area contributed by atoms with Crippen molar-refractivity contribution < 1.29 is 24.2 Å². The lowest BCUT2D eigenvalue weighted by Gasteiger charge is -2.36. The molecule has 1 heterocycles. The third-order valence-corrected chi connectivity index (χ3v) is 6.64. The Morgan fingerprint density at radius 3 is 2.45 bits per heavy atom. The minimum absolute atomic E-state index is 0.0418. The molecule has 1 aliphatic heterocycles. The van der Waals surface area contributed by atoms with Crippen LogP contribution in [0.25, 0.3) is 0 Å². The van der Waals surface area contributed by atoms with Gasteiger partial charge in [-0.05, 0) is 76.0 Å². The van der Waals surface area contributed by atoms with Crippen LogP contribution in [0.5, 0.6) is 11.5 Å². The van der Waals surface area contributed by atoms with E-state index in [1.54, 1.807) is 54.6 Å². The molecule has 0 aromatic heterocycles. The molecule has 0 radical (unpaired) electrons. The summed E-state index contributed by atoms with van der Waals surface area (Å²) in [6.45, 7) is 4.89. The molecule has 220 valence electrons. The zero-order chi connectivity index (χ0) is 30.4. The minimum Gasteiger partial charge on any atom is -0.490 e. The number of aromatic carboxylic acids is 1. The molecule has 0 fully saturated rings. The zero-order valence-electron chi connectivity index (χ0n) is 23.9. The first-order valence-electron chi connectivity index (χ1n) is 13.4. The molecule has 0 saturated carbocycles. The predicted octanol–water partition coefficient (Wildman–Crippen LogP) is 4.58. The van der Waals surface area contributed by atoms with Crippen LogP contribution in [0, 0.1) is 5.41 Å². The maximum absolute atomic E-state index is 12.6. The number of ether oxygens (including phenoxy) is 2. The quantitative estimate of drug-likeness (QED) is 0.146. The zero-order valence-corrected chi connectivity index (χ0v) is 23.9. The first-order chi connectivity index (χ1) is 20.0. The highest BCUT2D eigenvalue weighted by Crippen LogP contribution is 2.45. The molecular formula is C30H35N7O5. The van der Waals surface area contributed by atoms with Crippen LogP contribution in [0.15, 0.2) is 77.0 Å². The summed E-state index contributed by atoms with van der Waals surface area (Å²) in [4.78, 5) is 26.9. The Hall–Kier alpha value is -4.97. The fourth-order valence-electron chi connectivity index (χ4n) is 4.93. The Bertz CT molecular complexity index is 1490. The molecule has 3 aromatic rings. The fourth-order valence-corrected chi connectivity index (χ4v) is 4.93. The molecule has 3 unspecified atom stereocenters. The van der Waals surface area contributed by atoms with Gasteiger partial charge in [0.25, 0.3) is 0 Å². The van der Waals surface area contributed by atoms with Gasteiger partial charge in [-0.15, -0.1) is 5.11 Å². The van der Waals surface area contributed by atoms with E-state index in [0.29, 0.717) is 41.5 Å². The van der Waals surface area contributed by atoms with Crippen LogP contribution in [0.3, 0.4) is 0 Å². The second-order valence-electron chi connectivity index (χ2n) is 10.1. The number of anilines is 1. The van der Waals surface area contributed by atoms with Crippen LogP contribution in [-0.4, -0.2) is 61.2 Å². The summed E-state index contributed by atoms with van der Waals surface area (Å²) in [7, 11) is 3.93. The summed E-state index contributed by atoms with van der Waals surface area (Å²) in [6.07, 6.45) is -0.129. The SMILES string of the molecule is CCOc1cc(C(Nc2ccc(C(=N)N)cc2)C2(c3ccccc3C(=O)O)N=NC(=O)N2)ccc1OC(C)CN(C)C. The maximum atomic E-state index is 12.6. The van der Waals surface area contributed by atoms with Gasteiger partial charge in [-0.3, -0.25) is 5.41 Å². The average Bonchev–Trinajstić information content (AvgIpc) is 3.35. The van der Waals surface area contributed by atoms with Gasteiger partial charge in [0, 0.05) is 23.4 Å². The number of hydrogen-bond acceptors (Lipinski definition) is 8. The highest BCUT2D eigenvalue weighted by molar-refractivity contribution is 5.95. The van der Waals surface area contributed by atoms with Crippen LogP contribution < -0.4 is 25.8 Å². The van der Waals surface area contributed by atoms with E-state index in [1.807, 2.05) is 38.9 Å². The van der Waals surface area contributed by atoms with Gasteiger partial charge >= 0.3 is 12.0 Å². The van der Waals surface area contributed by atoms with Crippen molar-refractivity contribution in [3.05, 3.63) is 89.0 Å². The lowest BCUT2D eigenvalue weighted by Crippen LogP contribution is -2.47. The van der Waals surface area contributed by atoms with E-state index in [4.69, 9.17) is 20.6 Å². The Morgan fingerprint density at radius 1 is 1.14 bits per heavy atom. The number of amidine groups is 1. The van der Waals surface area contributed by atoms with Gasteiger partial charge in [-0.1, -0.05) is 29.4 Å². The van der Waals surface area contributed by atoms with E-state index in [-0.39, 0.29) is 23.1 Å². The number of urea groups is 1. The van der Waals surface area contributed by atoms with Crippen LogP contribution in [-0.2, 0) is 5.66 Å². The second-order valence-corrected chi connectivity index (χ2v) is 10.1. The minimum atomic E-state index is -1.64. The van der Waals surface area contributed by atoms with Crippen LogP contribution in [0.2, 0.25) is 0 Å². The third kappa shape index (κ3) is 6.50. The summed E-state index contributed by atoms with van der Waals surface area (Å²) >= 11 is 0. The third-order valence-electron chi connectivity index (χ3n) is 6.64. The topological polar surface area (TPSA) is 175 Å². The van der Waals surface area contributed by atoms with Crippen LogP contribution in [0.4, 0.5) is 10.5 Å². The van der Waals surface area contributed by atoms with Crippen molar-refractivity contribution >= 4 is 23.5 Å². The van der Waals surface area contributed by atoms with Crippen molar-refractivity contribution in [2.75, 3.05) is 32.6 Å². The van der Waals surface area contributed by atoms with Crippen molar-refractivity contribution in [2.24, 2.45) is 16.0 Å². The van der Waals surface area contributed by atoms with E-state index in [0.717, 1.165) is 0 Å². The summed E-state index contributed by atoms with van der Waals surface area (Å²) in [5.74, 6) is -0.249. The first-order valence-corrected chi connectivity index (χ1v) is 13.4. The van der Waals surface area contributed by atoms with E-state index < -0.39 is 23.7 Å². The normalized spacial score (nSPS) is 17.4. The standard InChI is InChI=1S/C30H35N7O5/c1-5-41-25-16-20(12-15-24(25)42-18(2)17-37(3)4)26(33-21-13-10-19(11-14-21)27(31)32)30(34-29(40)35-36-30)23-9-7-6-8-22(23)28(38)39/h6-16,18,26,33H,5,17H2,1-4H3,(H3,31,32)(H,34,40)(H,38,39). The average molecular weight is 574 g/mol. The van der Waals surface area contributed by atoms with E-state index in [1.165, 1.54) is 6.07 Å². The number of carboxylic acid groups (broad SMARTS) is 1. The van der Waals surface area contributed by atoms with Gasteiger partial charge in [0.15, 0.2) is 11.5 Å². The van der Waals surface area contributed by atoms with Crippen molar-refractivity contribution in [2.45, 2.75) is 31.7 Å². The number of nitrogens with zero attached hydrogens (tertiary/aromatic N) is 3. The summed E-state index contributed by atoms with van der Waals surface area (Å²) in [5.41, 5.74) is 5.94. The first kappa shape index (κ1) is 30.0. The molecule has 3 aromatic carbocycles. The smallest absolute Gasteiger partial charge is 0.361 e. The number of likely N-dealkylation sites (N-methyl/N-ethyl adjacent to an activating group) is 1. The van der Waals surface area contributed by atoms with Crippen molar-refractivity contribution in [3.8, 4) is 11.5 Å². The number of nitrogen functional groups attached to an aromatic ring is 1. The number of azo groups is 1. The number of carbonyl (C=O) groups is 2. The Morgan fingerprint density at radius 2 is 1.86 bits per heavy atom. The van der Waals surface area contributed by atoms with Crippen molar-refractivity contribution in [1.82, 2.24) is 10.2 Å². The molecule has 12 nitrogen and oxygen atoms in total. The van der Waals surface area contributed by atoms with Gasteiger partial charge in [-0.2, -0.15) is 0 Å². The molecule has 0 aliphatic carbocycles. The molecule has 3 atom stereocenters. The molecule has 2 amide bonds. The molecule has 1 aliphatic rings. The molecule has 6 N–H and O–H groups in total. The monoisotopic (exact) mass is 573 g/mol. The Kier molecular flexibility index (Phi) is 9.06. The number of carbonyl (C=O) groups excluding carboxylic acids is 1. The summed E-state index contributed by atoms with van der Waals surface area (Å²) in [6, 6.07) is 17.0. The number of rotatable bonds is 13. The lowest BCUT2D eigenvalue weighted by atomic mass is 9.84. The second kappa shape index (κ2) is 12.7. The van der Waals surface area contributed by atoms with E-state index in [2.05, 4.69) is 20.9 Å². The number of nitrogens with two attached hydrogens (primary N) is 1. The largest absolute Gasteiger partial charge is 0.490 e. The van der Waals surface area contributed by atoms with Gasteiger partial charge in [-0.25, -0.2) is 9.59 Å². The molecular weight excluding hydrogens is 538 g/mol. The molecule has 0 spiro atoms. The number of hydrogen-bond donors (Lipinski definition) is 5. The number of amides is 2. The van der Waals surface area contributed by atoms with E-state index in [9.17, 15) is 14.7 Å². The van der Waals surface area contributed by atoms with Gasteiger partial charge in [0.1, 0.15) is 18.0 Å². The number of carboxylic acids is 1.